The molecule has 4 nitrogen and oxygen atoms in total. The number of hydrogen-bond donors (Lipinski definition) is 0. The Labute approximate surface area is 92.6 Å². The van der Waals surface area contributed by atoms with Gasteiger partial charge in [0.1, 0.15) is 0 Å². The van der Waals surface area contributed by atoms with Gasteiger partial charge in [-0.05, 0) is 19.8 Å². The van der Waals surface area contributed by atoms with Crippen LogP contribution in [-0.2, 0) is 18.6 Å². The lowest BCUT2D eigenvalue weighted by Crippen LogP contribution is -2.22. The predicted molar refractivity (Wildman–Crippen MR) is 57.6 cm³/mol. The highest BCUT2D eigenvalue weighted by Gasteiger charge is 2.19. The lowest BCUT2D eigenvalue weighted by Gasteiger charge is -2.16. The summed E-state index contributed by atoms with van der Waals surface area (Å²) in [6.45, 7) is 5.59. The normalized spacial score (nSPS) is 14.9. The number of carbonyl (C=O) groups is 1. The molecule has 0 bridgehead atoms. The van der Waals surface area contributed by atoms with Crippen molar-refractivity contribution in [3.05, 3.63) is 0 Å². The molecule has 0 aromatic carbocycles. The largest absolute Gasteiger partial charge is 0.435 e. The monoisotopic (exact) mass is 234 g/mol. The van der Waals surface area contributed by atoms with Crippen molar-refractivity contribution in [2.75, 3.05) is 0 Å². The van der Waals surface area contributed by atoms with Crippen molar-refractivity contribution in [3.63, 3.8) is 0 Å². The minimum atomic E-state index is -0.743. The summed E-state index contributed by atoms with van der Waals surface area (Å²) in [5.74, 6) is -0.332. The van der Waals surface area contributed by atoms with Gasteiger partial charge in [-0.1, -0.05) is 26.7 Å². The van der Waals surface area contributed by atoms with Gasteiger partial charge in [-0.3, -0.25) is 9.32 Å². The van der Waals surface area contributed by atoms with Crippen LogP contribution in [0.1, 0.15) is 46.5 Å². The second-order valence-electron chi connectivity index (χ2n) is 3.43. The van der Waals surface area contributed by atoms with E-state index in [2.05, 4.69) is 11.4 Å². The Morgan fingerprint density at radius 3 is 2.53 bits per heavy atom. The highest BCUT2D eigenvalue weighted by Crippen LogP contribution is 2.16. The Morgan fingerprint density at radius 1 is 1.40 bits per heavy atom. The van der Waals surface area contributed by atoms with Crippen LogP contribution in [-0.4, -0.2) is 12.3 Å². The lowest BCUT2D eigenvalue weighted by molar-refractivity contribution is -0.165. The Hall–Kier alpha value is -0.470. The van der Waals surface area contributed by atoms with Crippen LogP contribution in [0.3, 0.4) is 0 Å². The van der Waals surface area contributed by atoms with Gasteiger partial charge in [0, 0.05) is 0 Å². The number of hydrogen-bond acceptors (Lipinski definition) is 4. The molecule has 0 aliphatic rings. The topological polar surface area (TPSA) is 52.6 Å². The number of ether oxygens (including phenoxy) is 1. The smallest absolute Gasteiger partial charge is 0.330 e. The maximum Gasteiger partial charge on any atom is 0.330 e. The number of unbranched alkanes of at least 4 members (excludes halogenated alkanes) is 1. The molecule has 0 rings (SSSR count). The molecule has 0 aromatic heterocycles. The van der Waals surface area contributed by atoms with Crippen LogP contribution >= 0.6 is 8.69 Å². The molecule has 0 aromatic rings. The molecule has 0 aliphatic carbocycles. The second-order valence-corrected chi connectivity index (χ2v) is 3.79. The van der Waals surface area contributed by atoms with Gasteiger partial charge in [-0.15, -0.1) is 0 Å². The van der Waals surface area contributed by atoms with E-state index in [4.69, 9.17) is 4.74 Å². The fraction of sp³-hybridized carbons (Fsp3) is 0.900. The quantitative estimate of drug-likeness (QED) is 0.367. The zero-order valence-electron chi connectivity index (χ0n) is 9.56. The molecule has 88 valence electrons. The first kappa shape index (κ1) is 14.5. The highest BCUT2D eigenvalue weighted by molar-refractivity contribution is 7.17. The van der Waals surface area contributed by atoms with E-state index >= 15 is 0 Å². The fourth-order valence-electron chi connectivity index (χ4n) is 1.28. The highest BCUT2D eigenvalue weighted by atomic mass is 31.1. The standard InChI is InChI=1S/C10H19O4P/c1-4-6-7-9(5-2)10(11)13-8(3)14-15-12/h8-9H,4-7H2,1-3H3. The van der Waals surface area contributed by atoms with Crippen LogP contribution in [0, 0.1) is 5.92 Å². The maximum absolute atomic E-state index is 11.6. The summed E-state index contributed by atoms with van der Waals surface area (Å²) >= 11 is 0. The van der Waals surface area contributed by atoms with E-state index in [1.165, 1.54) is 0 Å². The van der Waals surface area contributed by atoms with Crippen molar-refractivity contribution in [2.45, 2.75) is 52.7 Å². The Kier molecular flexibility index (Phi) is 8.53. The zero-order chi connectivity index (χ0) is 11.7. The second kappa shape index (κ2) is 8.81. The molecule has 0 N–H and O–H groups in total. The summed E-state index contributed by atoms with van der Waals surface area (Å²) in [5, 5.41) is 0. The number of carbonyl (C=O) groups excluding carboxylic acids is 1. The predicted octanol–water partition coefficient (Wildman–Crippen LogP) is 3.32. The van der Waals surface area contributed by atoms with Crippen molar-refractivity contribution < 1.29 is 18.6 Å². The van der Waals surface area contributed by atoms with Crippen LogP contribution < -0.4 is 0 Å². The molecule has 5 heteroatoms. The maximum atomic E-state index is 11.6. The molecule has 0 fully saturated rings. The Bertz CT molecular complexity index is 196. The van der Waals surface area contributed by atoms with Crippen molar-refractivity contribution in [3.8, 4) is 0 Å². The van der Waals surface area contributed by atoms with Crippen LogP contribution in [0.4, 0.5) is 0 Å². The summed E-state index contributed by atoms with van der Waals surface area (Å²) in [5.41, 5.74) is 0. The first-order valence-corrected chi connectivity index (χ1v) is 6.07. The van der Waals surface area contributed by atoms with Gasteiger partial charge >= 0.3 is 14.7 Å². The Balaban J connectivity index is 3.96. The van der Waals surface area contributed by atoms with Gasteiger partial charge in [0.05, 0.1) is 5.92 Å². The molecule has 0 radical (unpaired) electrons. The third-order valence-electron chi connectivity index (χ3n) is 2.21. The molecule has 2 atom stereocenters. The van der Waals surface area contributed by atoms with Gasteiger partial charge in [0.25, 0.3) is 0 Å². The fourth-order valence-corrected chi connectivity index (χ4v) is 1.45. The van der Waals surface area contributed by atoms with E-state index in [0.29, 0.717) is 0 Å². The zero-order valence-corrected chi connectivity index (χ0v) is 10.5. The van der Waals surface area contributed by atoms with Gasteiger partial charge in [-0.2, -0.15) is 0 Å². The summed E-state index contributed by atoms with van der Waals surface area (Å²) in [4.78, 5) is 11.6. The average Bonchev–Trinajstić information content (AvgIpc) is 2.19. The molecule has 0 saturated carbocycles. The van der Waals surface area contributed by atoms with Gasteiger partial charge in [0.15, 0.2) is 0 Å². The molecular weight excluding hydrogens is 215 g/mol. The van der Waals surface area contributed by atoms with Gasteiger partial charge in [-0.25, -0.2) is 4.57 Å². The molecular formula is C10H19O4P. The van der Waals surface area contributed by atoms with E-state index in [-0.39, 0.29) is 11.9 Å². The third kappa shape index (κ3) is 6.58. The van der Waals surface area contributed by atoms with E-state index in [0.717, 1.165) is 25.7 Å². The molecule has 0 saturated heterocycles. The van der Waals surface area contributed by atoms with Crippen LogP contribution in [0.5, 0.6) is 0 Å². The molecule has 15 heavy (non-hydrogen) atoms. The molecule has 0 amide bonds. The summed E-state index contributed by atoms with van der Waals surface area (Å²) in [6.07, 6.45) is 2.94. The minimum Gasteiger partial charge on any atom is -0.435 e. The van der Waals surface area contributed by atoms with Crippen molar-refractivity contribution in [1.82, 2.24) is 0 Å². The van der Waals surface area contributed by atoms with E-state index in [9.17, 15) is 9.36 Å². The van der Waals surface area contributed by atoms with Crippen LogP contribution in [0.25, 0.3) is 0 Å². The summed E-state index contributed by atoms with van der Waals surface area (Å²) in [6, 6.07) is 0. The average molecular weight is 234 g/mol. The molecule has 2 unspecified atom stereocenters. The first-order chi connectivity index (χ1) is 7.15. The molecule has 0 spiro atoms. The van der Waals surface area contributed by atoms with Gasteiger partial charge < -0.3 is 4.74 Å². The van der Waals surface area contributed by atoms with Crippen molar-refractivity contribution in [2.24, 2.45) is 5.92 Å². The SMILES string of the molecule is CCCCC(CC)C(=O)OC(C)OP=O. The molecule has 0 aliphatic heterocycles. The van der Waals surface area contributed by atoms with Crippen LogP contribution in [0.2, 0.25) is 0 Å². The summed E-state index contributed by atoms with van der Waals surface area (Å²) in [7, 11) is -0.466. The first-order valence-electron chi connectivity index (χ1n) is 5.34. The van der Waals surface area contributed by atoms with E-state index < -0.39 is 15.0 Å². The third-order valence-corrected chi connectivity index (χ3v) is 2.59. The van der Waals surface area contributed by atoms with Crippen LogP contribution in [0.15, 0.2) is 0 Å². The number of esters is 1. The Morgan fingerprint density at radius 2 is 2.07 bits per heavy atom. The van der Waals surface area contributed by atoms with Crippen molar-refractivity contribution >= 4 is 14.7 Å². The van der Waals surface area contributed by atoms with E-state index in [1.54, 1.807) is 6.92 Å². The van der Waals surface area contributed by atoms with Crippen molar-refractivity contribution in [1.29, 1.82) is 0 Å². The summed E-state index contributed by atoms with van der Waals surface area (Å²) < 4.78 is 19.6. The van der Waals surface area contributed by atoms with Gasteiger partial charge in [0.2, 0.25) is 6.29 Å². The lowest BCUT2D eigenvalue weighted by atomic mass is 10.00. The van der Waals surface area contributed by atoms with E-state index in [1.807, 2.05) is 6.92 Å². The molecule has 0 heterocycles. The minimum absolute atomic E-state index is 0.0701. The number of rotatable bonds is 8.